The number of carbonyl (C=O) groups is 1. The van der Waals surface area contributed by atoms with Crippen molar-refractivity contribution in [1.29, 1.82) is 0 Å². The first-order valence-corrected chi connectivity index (χ1v) is 11.1. The minimum atomic E-state index is -0.672. The van der Waals surface area contributed by atoms with Crippen LogP contribution in [0.3, 0.4) is 0 Å². The molecule has 0 amide bonds. The summed E-state index contributed by atoms with van der Waals surface area (Å²) >= 11 is 0. The third kappa shape index (κ3) is 6.39. The first-order chi connectivity index (χ1) is 15.3. The number of ether oxygens (including phenoxy) is 4. The summed E-state index contributed by atoms with van der Waals surface area (Å²) in [6.45, 7) is 7.68. The number of carbonyl (C=O) groups excluding carboxylic acids is 1. The van der Waals surface area contributed by atoms with E-state index in [1.165, 1.54) is 0 Å². The van der Waals surface area contributed by atoms with E-state index < -0.39 is 35.9 Å². The molecule has 1 fully saturated rings. The molecule has 32 heavy (non-hydrogen) atoms. The summed E-state index contributed by atoms with van der Waals surface area (Å²) in [7, 11) is 0. The summed E-state index contributed by atoms with van der Waals surface area (Å²) in [6, 6.07) is 19.6. The van der Waals surface area contributed by atoms with E-state index >= 15 is 0 Å². The van der Waals surface area contributed by atoms with Gasteiger partial charge in [0.1, 0.15) is 18.3 Å². The summed E-state index contributed by atoms with van der Waals surface area (Å²) in [4.78, 5) is 12.7. The summed E-state index contributed by atoms with van der Waals surface area (Å²) in [5, 5.41) is 10.0. The second kappa shape index (κ2) is 11.1. The van der Waals surface area contributed by atoms with Gasteiger partial charge in [-0.1, -0.05) is 60.7 Å². The second-order valence-electron chi connectivity index (χ2n) is 9.20. The Kier molecular flexibility index (Phi) is 8.43. The molecule has 0 aromatic heterocycles. The van der Waals surface area contributed by atoms with Crippen molar-refractivity contribution < 1.29 is 28.8 Å². The van der Waals surface area contributed by atoms with Gasteiger partial charge in [-0.25, -0.2) is 0 Å². The largest absolute Gasteiger partial charge is 0.456 e. The Morgan fingerprint density at radius 3 is 1.84 bits per heavy atom. The SMILES string of the molecule is CC1OC(CO)[C@H](OCc2ccccc2)C(OCc2ccccc2)[C@@H]1OC(=O)C(C)(C)C. The smallest absolute Gasteiger partial charge is 0.311 e. The van der Waals surface area contributed by atoms with Crippen LogP contribution in [0, 0.1) is 5.41 Å². The lowest BCUT2D eigenvalue weighted by Crippen LogP contribution is -2.61. The number of aliphatic hydroxyl groups is 1. The first kappa shape index (κ1) is 24.4. The normalized spacial score (nSPS) is 26.0. The van der Waals surface area contributed by atoms with E-state index in [0.717, 1.165) is 11.1 Å². The van der Waals surface area contributed by atoms with Crippen LogP contribution in [0.4, 0.5) is 0 Å². The molecule has 0 bridgehead atoms. The average molecular weight is 443 g/mol. The van der Waals surface area contributed by atoms with Gasteiger partial charge in [-0.3, -0.25) is 4.79 Å². The molecule has 0 radical (unpaired) electrons. The van der Waals surface area contributed by atoms with Crippen molar-refractivity contribution in [3.05, 3.63) is 71.8 Å². The van der Waals surface area contributed by atoms with Crippen LogP contribution in [0.25, 0.3) is 0 Å². The molecule has 0 spiro atoms. The number of hydrogen-bond acceptors (Lipinski definition) is 6. The molecule has 6 heteroatoms. The molecule has 1 heterocycles. The van der Waals surface area contributed by atoms with Crippen molar-refractivity contribution >= 4 is 5.97 Å². The zero-order valence-corrected chi connectivity index (χ0v) is 19.3. The monoisotopic (exact) mass is 442 g/mol. The highest BCUT2D eigenvalue weighted by atomic mass is 16.6. The van der Waals surface area contributed by atoms with Gasteiger partial charge in [0, 0.05) is 0 Å². The molecular weight excluding hydrogens is 408 g/mol. The molecule has 5 atom stereocenters. The molecule has 174 valence electrons. The lowest BCUT2D eigenvalue weighted by Gasteiger charge is -2.45. The van der Waals surface area contributed by atoms with Gasteiger partial charge in [-0.2, -0.15) is 0 Å². The summed E-state index contributed by atoms with van der Waals surface area (Å²) in [5.74, 6) is -0.337. The highest BCUT2D eigenvalue weighted by molar-refractivity contribution is 5.75. The van der Waals surface area contributed by atoms with Gasteiger partial charge in [0.05, 0.1) is 31.3 Å². The van der Waals surface area contributed by atoms with Gasteiger partial charge >= 0.3 is 5.97 Å². The third-order valence-corrected chi connectivity index (χ3v) is 5.47. The topological polar surface area (TPSA) is 74.2 Å². The predicted octanol–water partition coefficient (Wildman–Crippen LogP) is 3.89. The molecular formula is C26H34O6. The Labute approximate surface area is 190 Å². The maximum atomic E-state index is 12.7. The fourth-order valence-corrected chi connectivity index (χ4v) is 3.63. The van der Waals surface area contributed by atoms with Crippen LogP contribution in [-0.4, -0.2) is 48.2 Å². The van der Waals surface area contributed by atoms with E-state index in [9.17, 15) is 9.90 Å². The highest BCUT2D eigenvalue weighted by Crippen LogP contribution is 2.31. The summed E-state index contributed by atoms with van der Waals surface area (Å²) in [6.07, 6.45) is -2.95. The number of benzene rings is 2. The molecule has 0 aliphatic carbocycles. The lowest BCUT2D eigenvalue weighted by molar-refractivity contribution is -0.262. The molecule has 3 rings (SSSR count). The number of aliphatic hydroxyl groups excluding tert-OH is 1. The minimum Gasteiger partial charge on any atom is -0.456 e. The fourth-order valence-electron chi connectivity index (χ4n) is 3.63. The van der Waals surface area contributed by atoms with Gasteiger partial charge < -0.3 is 24.1 Å². The van der Waals surface area contributed by atoms with Gasteiger partial charge in [0.2, 0.25) is 0 Å². The van der Waals surface area contributed by atoms with Gasteiger partial charge in [0.25, 0.3) is 0 Å². The van der Waals surface area contributed by atoms with Crippen LogP contribution in [0.15, 0.2) is 60.7 Å². The number of hydrogen-bond donors (Lipinski definition) is 1. The predicted molar refractivity (Wildman–Crippen MR) is 121 cm³/mol. The fraction of sp³-hybridized carbons (Fsp3) is 0.500. The maximum Gasteiger partial charge on any atom is 0.311 e. The quantitative estimate of drug-likeness (QED) is 0.625. The second-order valence-corrected chi connectivity index (χ2v) is 9.20. The molecule has 0 saturated carbocycles. The Balaban J connectivity index is 1.84. The molecule has 2 aromatic carbocycles. The van der Waals surface area contributed by atoms with Crippen LogP contribution in [-0.2, 0) is 37.0 Å². The molecule has 1 aliphatic heterocycles. The summed E-state index contributed by atoms with van der Waals surface area (Å²) < 4.78 is 24.4. The Bertz CT molecular complexity index is 832. The Hall–Kier alpha value is -2.25. The van der Waals surface area contributed by atoms with E-state index in [0.29, 0.717) is 13.2 Å². The van der Waals surface area contributed by atoms with Gasteiger partial charge in [-0.15, -0.1) is 0 Å². The molecule has 1 saturated heterocycles. The number of esters is 1. The van der Waals surface area contributed by atoms with Crippen molar-refractivity contribution in [3.63, 3.8) is 0 Å². The van der Waals surface area contributed by atoms with E-state index in [-0.39, 0.29) is 12.6 Å². The summed E-state index contributed by atoms with van der Waals surface area (Å²) in [5.41, 5.74) is 1.32. The lowest BCUT2D eigenvalue weighted by atomic mass is 9.93. The van der Waals surface area contributed by atoms with Crippen molar-refractivity contribution in [1.82, 2.24) is 0 Å². The van der Waals surface area contributed by atoms with E-state index in [1.54, 1.807) is 0 Å². The zero-order chi connectivity index (χ0) is 23.1. The van der Waals surface area contributed by atoms with Crippen molar-refractivity contribution in [2.45, 2.75) is 71.4 Å². The van der Waals surface area contributed by atoms with Crippen LogP contribution >= 0.6 is 0 Å². The molecule has 3 unspecified atom stereocenters. The van der Waals surface area contributed by atoms with Crippen molar-refractivity contribution in [3.8, 4) is 0 Å². The van der Waals surface area contributed by atoms with Crippen molar-refractivity contribution in [2.24, 2.45) is 5.41 Å². The van der Waals surface area contributed by atoms with Crippen LogP contribution in [0.5, 0.6) is 0 Å². The van der Waals surface area contributed by atoms with E-state index in [1.807, 2.05) is 88.4 Å². The standard InChI is InChI=1S/C26H34O6/c1-18-22(32-25(28)26(2,3)4)24(30-17-20-13-9-6-10-14-20)23(21(15-27)31-18)29-16-19-11-7-5-8-12-19/h5-14,18,21-24,27H,15-17H2,1-4H3/t18?,21?,22-,23+,24?/m1/s1. The van der Waals surface area contributed by atoms with Crippen molar-refractivity contribution in [2.75, 3.05) is 6.61 Å². The average Bonchev–Trinajstić information content (AvgIpc) is 2.78. The van der Waals surface area contributed by atoms with E-state index in [2.05, 4.69) is 0 Å². The molecule has 1 N–H and O–H groups in total. The van der Waals surface area contributed by atoms with Crippen LogP contribution < -0.4 is 0 Å². The molecule has 1 aliphatic rings. The zero-order valence-electron chi connectivity index (χ0n) is 19.3. The number of rotatable bonds is 8. The van der Waals surface area contributed by atoms with Crippen LogP contribution in [0.1, 0.15) is 38.8 Å². The molecule has 2 aromatic rings. The third-order valence-electron chi connectivity index (χ3n) is 5.47. The van der Waals surface area contributed by atoms with Gasteiger partial charge in [0.15, 0.2) is 6.10 Å². The van der Waals surface area contributed by atoms with E-state index in [4.69, 9.17) is 18.9 Å². The Morgan fingerprint density at radius 2 is 1.38 bits per heavy atom. The Morgan fingerprint density at radius 1 is 0.875 bits per heavy atom. The maximum absolute atomic E-state index is 12.7. The first-order valence-electron chi connectivity index (χ1n) is 11.1. The minimum absolute atomic E-state index is 0.227. The molecule has 6 nitrogen and oxygen atoms in total. The van der Waals surface area contributed by atoms with Gasteiger partial charge in [-0.05, 0) is 38.8 Å². The van der Waals surface area contributed by atoms with Crippen LogP contribution in [0.2, 0.25) is 0 Å². The highest BCUT2D eigenvalue weighted by Gasteiger charge is 2.48.